The Morgan fingerprint density at radius 1 is 1.34 bits per heavy atom. The molecule has 2 aromatic heterocycles. The average molecular weight is 496 g/mol. The summed E-state index contributed by atoms with van der Waals surface area (Å²) in [6.07, 6.45) is 6.43. The second-order valence-electron chi connectivity index (χ2n) is 8.77. The van der Waals surface area contributed by atoms with Crippen molar-refractivity contribution in [2.24, 2.45) is 5.10 Å². The van der Waals surface area contributed by atoms with Crippen molar-refractivity contribution < 1.29 is 9.13 Å². The molecule has 0 amide bonds. The third-order valence-corrected chi connectivity index (χ3v) is 6.47. The highest BCUT2D eigenvalue weighted by atomic mass is 32.1. The molecule has 1 fully saturated rings. The Morgan fingerprint density at radius 3 is 2.89 bits per heavy atom. The van der Waals surface area contributed by atoms with Gasteiger partial charge in [0.15, 0.2) is 22.1 Å². The summed E-state index contributed by atoms with van der Waals surface area (Å²) in [5.74, 6) is -0.0208. The number of hydrogen-bond donors (Lipinski definition) is 2. The van der Waals surface area contributed by atoms with Crippen LogP contribution >= 0.6 is 12.2 Å². The maximum absolute atomic E-state index is 15.4. The van der Waals surface area contributed by atoms with Crippen LogP contribution in [-0.2, 0) is 0 Å². The van der Waals surface area contributed by atoms with E-state index in [0.29, 0.717) is 47.9 Å². The van der Waals surface area contributed by atoms with Gasteiger partial charge in [-0.05, 0) is 44.4 Å². The molecule has 182 valence electrons. The van der Waals surface area contributed by atoms with Gasteiger partial charge >= 0.3 is 0 Å². The first kappa shape index (κ1) is 23.2. The largest absolute Gasteiger partial charge is 0.487 e. The van der Waals surface area contributed by atoms with E-state index in [0.717, 1.165) is 13.1 Å². The molecule has 4 heterocycles. The molecule has 1 unspecified atom stereocenters. The van der Waals surface area contributed by atoms with Crippen molar-refractivity contribution in [1.82, 2.24) is 19.9 Å². The van der Waals surface area contributed by atoms with Gasteiger partial charge in [-0.25, -0.2) is 4.39 Å². The number of aromatic nitrogens is 2. The summed E-state index contributed by atoms with van der Waals surface area (Å²) in [7, 11) is 2.05. The minimum absolute atomic E-state index is 0.0372. The maximum atomic E-state index is 15.4. The van der Waals surface area contributed by atoms with E-state index in [9.17, 15) is 4.79 Å². The zero-order valence-corrected chi connectivity index (χ0v) is 20.3. The number of pyridine rings is 2. The number of likely N-dealkylation sites (N-methyl/N-ethyl adjacent to an activating group) is 1. The lowest BCUT2D eigenvalue weighted by Gasteiger charge is -2.37. The summed E-state index contributed by atoms with van der Waals surface area (Å²) in [4.78, 5) is 21.5. The van der Waals surface area contributed by atoms with Crippen LogP contribution in [0.25, 0.3) is 10.9 Å². The molecule has 5 rings (SSSR count). The van der Waals surface area contributed by atoms with Gasteiger partial charge in [0.05, 0.1) is 40.6 Å². The first-order valence-electron chi connectivity index (χ1n) is 11.4. The maximum Gasteiger partial charge on any atom is 0.198 e. The monoisotopic (exact) mass is 495 g/mol. The zero-order chi connectivity index (χ0) is 24.5. The van der Waals surface area contributed by atoms with Crippen molar-refractivity contribution in [3.8, 4) is 5.75 Å². The zero-order valence-electron chi connectivity index (χ0n) is 19.5. The molecule has 3 aromatic rings. The summed E-state index contributed by atoms with van der Waals surface area (Å²) in [6.45, 7) is 5.43. The predicted octanol–water partition coefficient (Wildman–Crippen LogP) is 2.56. The lowest BCUT2D eigenvalue weighted by atomic mass is 10.1. The van der Waals surface area contributed by atoms with Crippen molar-refractivity contribution in [2.75, 3.05) is 50.1 Å². The molecule has 1 aromatic carbocycles. The normalized spacial score (nSPS) is 18.0. The quantitative estimate of drug-likeness (QED) is 0.325. The molecule has 35 heavy (non-hydrogen) atoms. The van der Waals surface area contributed by atoms with Gasteiger partial charge in [0.1, 0.15) is 12.3 Å². The lowest BCUT2D eigenvalue weighted by molar-refractivity contribution is 0.245. The Kier molecular flexibility index (Phi) is 6.35. The van der Waals surface area contributed by atoms with E-state index in [2.05, 4.69) is 25.7 Å². The number of hydrazone groups is 1. The summed E-state index contributed by atoms with van der Waals surface area (Å²) in [6, 6.07) is 4.89. The molecule has 0 aliphatic carbocycles. The van der Waals surface area contributed by atoms with Gasteiger partial charge in [-0.3, -0.25) is 15.2 Å². The third-order valence-electron chi connectivity index (χ3n) is 6.28. The van der Waals surface area contributed by atoms with Gasteiger partial charge < -0.3 is 24.4 Å². The number of rotatable bonds is 4. The molecule has 9 nitrogen and oxygen atoms in total. The Bertz CT molecular complexity index is 1350. The summed E-state index contributed by atoms with van der Waals surface area (Å²) in [5.41, 5.74) is 4.45. The van der Waals surface area contributed by atoms with Gasteiger partial charge in [-0.2, -0.15) is 5.10 Å². The molecule has 11 heteroatoms. The van der Waals surface area contributed by atoms with Crippen molar-refractivity contribution in [3.63, 3.8) is 0 Å². The van der Waals surface area contributed by atoms with Gasteiger partial charge in [-0.15, -0.1) is 0 Å². The van der Waals surface area contributed by atoms with Gasteiger partial charge in [-0.1, -0.05) is 0 Å². The Balaban J connectivity index is 1.48. The van der Waals surface area contributed by atoms with Crippen LogP contribution in [0.2, 0.25) is 0 Å². The van der Waals surface area contributed by atoms with E-state index in [-0.39, 0.29) is 22.0 Å². The highest BCUT2D eigenvalue weighted by molar-refractivity contribution is 7.80. The predicted molar refractivity (Wildman–Crippen MR) is 139 cm³/mol. The molecule has 0 bridgehead atoms. The molecule has 0 saturated carbocycles. The fourth-order valence-electron chi connectivity index (χ4n) is 4.41. The number of thiocarbonyl (C=S) groups is 1. The van der Waals surface area contributed by atoms with Crippen molar-refractivity contribution in [1.29, 1.82) is 0 Å². The fourth-order valence-corrected chi connectivity index (χ4v) is 4.58. The number of halogens is 1. The van der Waals surface area contributed by atoms with E-state index >= 15 is 4.39 Å². The number of ether oxygens (including phenoxy) is 1. The topological polar surface area (TPSA) is 87.0 Å². The lowest BCUT2D eigenvalue weighted by Crippen LogP contribution is -2.45. The van der Waals surface area contributed by atoms with Gasteiger partial charge in [0, 0.05) is 38.6 Å². The summed E-state index contributed by atoms with van der Waals surface area (Å²) < 4.78 is 23.4. The van der Waals surface area contributed by atoms with Gasteiger partial charge in [0.2, 0.25) is 0 Å². The molecular formula is C24H26FN7O2S. The standard InChI is InChI=1S/C24H26FN7O2S/c1-15-14-34-23-20-18(10-19(25)21(23)31-8-6-30(2)7-9-31)22(33)16(13-32(15)20)11-27-29-24(35)28-17-4-3-5-26-12-17/h3-5,10-13,15H,6-9,14H2,1-2H3,(H2,28,29,35)/b27-11+. The molecule has 1 saturated heterocycles. The molecule has 0 radical (unpaired) electrons. The first-order valence-corrected chi connectivity index (χ1v) is 11.8. The van der Waals surface area contributed by atoms with E-state index in [4.69, 9.17) is 17.0 Å². The van der Waals surface area contributed by atoms with Crippen molar-refractivity contribution in [2.45, 2.75) is 13.0 Å². The molecular weight excluding hydrogens is 469 g/mol. The Hall–Kier alpha value is -3.57. The number of benzene rings is 1. The number of nitrogens with one attached hydrogen (secondary N) is 2. The van der Waals surface area contributed by atoms with Crippen LogP contribution in [0.15, 0.2) is 46.7 Å². The van der Waals surface area contributed by atoms with Gasteiger partial charge in [0.25, 0.3) is 0 Å². The van der Waals surface area contributed by atoms with E-state index in [1.807, 2.05) is 29.5 Å². The second kappa shape index (κ2) is 9.59. The van der Waals surface area contributed by atoms with Crippen LogP contribution in [0.1, 0.15) is 18.5 Å². The van der Waals surface area contributed by atoms with E-state index in [1.54, 1.807) is 24.7 Å². The second-order valence-corrected chi connectivity index (χ2v) is 9.18. The molecule has 2 aliphatic heterocycles. The van der Waals surface area contributed by atoms with Crippen LogP contribution < -0.4 is 25.8 Å². The van der Waals surface area contributed by atoms with Crippen LogP contribution in [0.3, 0.4) is 0 Å². The molecule has 2 aliphatic rings. The van der Waals surface area contributed by atoms with Crippen LogP contribution in [0, 0.1) is 5.82 Å². The Labute approximate surface area is 207 Å². The average Bonchev–Trinajstić information content (AvgIpc) is 2.85. The number of nitrogens with zero attached hydrogens (tertiary/aromatic N) is 5. The smallest absolute Gasteiger partial charge is 0.198 e. The fraction of sp³-hybridized carbons (Fsp3) is 0.333. The molecule has 1 atom stereocenters. The summed E-state index contributed by atoms with van der Waals surface area (Å²) >= 11 is 5.23. The SMILES string of the molecule is CC1COc2c(N3CCN(C)CC3)c(F)cc3c(=O)c(/C=N/NC(=S)Nc4cccnc4)cn1c23. The number of piperazine rings is 1. The van der Waals surface area contributed by atoms with Crippen LogP contribution in [-0.4, -0.2) is 65.6 Å². The van der Waals surface area contributed by atoms with Crippen LogP contribution in [0.4, 0.5) is 15.8 Å². The number of hydrogen-bond acceptors (Lipinski definition) is 7. The van der Waals surface area contributed by atoms with E-state index < -0.39 is 5.82 Å². The minimum Gasteiger partial charge on any atom is -0.487 e. The molecule has 2 N–H and O–H groups in total. The Morgan fingerprint density at radius 2 is 2.14 bits per heavy atom. The first-order chi connectivity index (χ1) is 16.9. The third kappa shape index (κ3) is 4.56. The van der Waals surface area contributed by atoms with Crippen molar-refractivity contribution in [3.05, 3.63) is 58.4 Å². The number of anilines is 2. The van der Waals surface area contributed by atoms with Crippen LogP contribution in [0.5, 0.6) is 5.75 Å². The highest BCUT2D eigenvalue weighted by Gasteiger charge is 2.30. The van der Waals surface area contributed by atoms with E-state index in [1.165, 1.54) is 12.3 Å². The highest BCUT2D eigenvalue weighted by Crippen LogP contribution is 2.41. The molecule has 0 spiro atoms. The van der Waals surface area contributed by atoms with Crippen molar-refractivity contribution >= 4 is 45.8 Å². The minimum atomic E-state index is -0.454. The summed E-state index contributed by atoms with van der Waals surface area (Å²) in [5, 5.41) is 7.59.